The van der Waals surface area contributed by atoms with E-state index < -0.39 is 17.6 Å². The summed E-state index contributed by atoms with van der Waals surface area (Å²) in [5.74, 6) is 0.221. The summed E-state index contributed by atoms with van der Waals surface area (Å²) in [4.78, 5) is 4.13. The van der Waals surface area contributed by atoms with Crippen molar-refractivity contribution >= 4 is 0 Å². The number of aromatic nitrogens is 1. The third kappa shape index (κ3) is 4.04. The van der Waals surface area contributed by atoms with Crippen LogP contribution in [0.3, 0.4) is 0 Å². The molecule has 7 heteroatoms. The van der Waals surface area contributed by atoms with Crippen molar-refractivity contribution in [3.63, 3.8) is 0 Å². The molecular weight excluding hydrogens is 288 g/mol. The third-order valence-electron chi connectivity index (χ3n) is 2.96. The van der Waals surface area contributed by atoms with Gasteiger partial charge in [0.2, 0.25) is 5.89 Å². The molecule has 0 saturated carbocycles. The molecule has 0 aliphatic rings. The Labute approximate surface area is 119 Å². The van der Waals surface area contributed by atoms with E-state index in [0.29, 0.717) is 17.7 Å². The van der Waals surface area contributed by atoms with Crippen molar-refractivity contribution in [2.75, 3.05) is 0 Å². The zero-order chi connectivity index (χ0) is 15.6. The van der Waals surface area contributed by atoms with E-state index in [4.69, 9.17) is 4.42 Å². The lowest BCUT2D eigenvalue weighted by Crippen LogP contribution is -2.14. The smallest absolute Gasteiger partial charge is 0.416 e. The molecule has 0 aliphatic carbocycles. The van der Waals surface area contributed by atoms with E-state index in [0.717, 1.165) is 17.8 Å². The predicted molar refractivity (Wildman–Crippen MR) is 67.9 cm³/mol. The van der Waals surface area contributed by atoms with Crippen molar-refractivity contribution in [2.24, 2.45) is 0 Å². The summed E-state index contributed by atoms with van der Waals surface area (Å²) >= 11 is 0. The first kappa shape index (κ1) is 15.5. The van der Waals surface area contributed by atoms with Crippen LogP contribution < -0.4 is 5.32 Å². The van der Waals surface area contributed by atoms with Crippen LogP contribution in [-0.4, -0.2) is 4.98 Å². The molecule has 0 saturated heterocycles. The summed E-state index contributed by atoms with van der Waals surface area (Å²) in [6.45, 7) is 3.91. The molecule has 3 nitrogen and oxygen atoms in total. The quantitative estimate of drug-likeness (QED) is 0.874. The summed E-state index contributed by atoms with van der Waals surface area (Å²) in [6, 6.07) is 2.46. The van der Waals surface area contributed by atoms with E-state index in [1.54, 1.807) is 13.8 Å². The van der Waals surface area contributed by atoms with Crippen LogP contribution in [-0.2, 0) is 19.3 Å². The number of alkyl halides is 3. The van der Waals surface area contributed by atoms with Crippen LogP contribution in [0.15, 0.2) is 22.6 Å². The van der Waals surface area contributed by atoms with Crippen LogP contribution in [0.2, 0.25) is 0 Å². The summed E-state index contributed by atoms with van der Waals surface area (Å²) in [5.41, 5.74) is -0.0265. The number of hydrogen-bond donors (Lipinski definition) is 1. The molecule has 2 rings (SSSR count). The zero-order valence-electron chi connectivity index (χ0n) is 11.5. The Bertz CT molecular complexity index is 615. The Balaban J connectivity index is 2.01. The van der Waals surface area contributed by atoms with Gasteiger partial charge in [0.25, 0.3) is 0 Å². The first-order valence-electron chi connectivity index (χ1n) is 6.26. The molecule has 1 heterocycles. The van der Waals surface area contributed by atoms with Crippen LogP contribution in [0, 0.1) is 19.7 Å². The number of hydrogen-bond acceptors (Lipinski definition) is 3. The molecule has 0 spiro atoms. The van der Waals surface area contributed by atoms with Gasteiger partial charge in [0, 0.05) is 6.54 Å². The summed E-state index contributed by atoms with van der Waals surface area (Å²) in [5, 5.41) is 2.87. The molecule has 0 radical (unpaired) electrons. The second-order valence-electron chi connectivity index (χ2n) is 4.70. The molecular formula is C14H14F4N2O. The van der Waals surface area contributed by atoms with Crippen LogP contribution in [0.5, 0.6) is 0 Å². The molecule has 1 aromatic carbocycles. The lowest BCUT2D eigenvalue weighted by atomic mass is 10.1. The second-order valence-corrected chi connectivity index (χ2v) is 4.70. The number of oxazole rings is 1. The van der Waals surface area contributed by atoms with Crippen LogP contribution in [0.1, 0.15) is 28.5 Å². The van der Waals surface area contributed by atoms with E-state index in [9.17, 15) is 17.6 Å². The van der Waals surface area contributed by atoms with E-state index in [1.807, 2.05) is 0 Å². The number of nitrogens with one attached hydrogen (secondary N) is 1. The second kappa shape index (κ2) is 5.85. The standard InChI is InChI=1S/C14H14F4N2O/c1-8-9(2)21-13(20-8)7-19-6-10-3-11(14(16,17)18)5-12(15)4-10/h3-5,19H,6-7H2,1-2H3. The predicted octanol–water partition coefficient (Wildman–Crippen LogP) is 3.74. The number of rotatable bonds is 4. The molecule has 0 amide bonds. The van der Waals surface area contributed by atoms with Gasteiger partial charge in [-0.15, -0.1) is 0 Å². The molecule has 114 valence electrons. The number of aryl methyl sites for hydroxylation is 2. The largest absolute Gasteiger partial charge is 0.444 e. The van der Waals surface area contributed by atoms with Gasteiger partial charge in [-0.25, -0.2) is 9.37 Å². The maximum Gasteiger partial charge on any atom is 0.416 e. The minimum Gasteiger partial charge on any atom is -0.444 e. The van der Waals surface area contributed by atoms with Gasteiger partial charge in [-0.1, -0.05) is 0 Å². The Morgan fingerprint density at radius 3 is 2.43 bits per heavy atom. The molecule has 0 atom stereocenters. The Hall–Kier alpha value is -1.89. The highest BCUT2D eigenvalue weighted by Gasteiger charge is 2.31. The summed E-state index contributed by atoms with van der Waals surface area (Å²) in [7, 11) is 0. The van der Waals surface area contributed by atoms with Crippen LogP contribution in [0.4, 0.5) is 17.6 Å². The minimum atomic E-state index is -4.56. The number of halogens is 4. The van der Waals surface area contributed by atoms with E-state index in [1.165, 1.54) is 0 Å². The monoisotopic (exact) mass is 302 g/mol. The minimum absolute atomic E-state index is 0.0846. The van der Waals surface area contributed by atoms with E-state index >= 15 is 0 Å². The Morgan fingerprint density at radius 2 is 1.86 bits per heavy atom. The van der Waals surface area contributed by atoms with Gasteiger partial charge in [-0.05, 0) is 37.6 Å². The highest BCUT2D eigenvalue weighted by molar-refractivity contribution is 5.26. The molecule has 0 unspecified atom stereocenters. The van der Waals surface area contributed by atoms with Crippen molar-refractivity contribution in [2.45, 2.75) is 33.1 Å². The van der Waals surface area contributed by atoms with Crippen molar-refractivity contribution in [1.82, 2.24) is 10.3 Å². The maximum atomic E-state index is 13.2. The van der Waals surface area contributed by atoms with Gasteiger partial charge in [0.1, 0.15) is 11.6 Å². The first-order chi connectivity index (χ1) is 9.75. The highest BCUT2D eigenvalue weighted by atomic mass is 19.4. The lowest BCUT2D eigenvalue weighted by molar-refractivity contribution is -0.137. The molecule has 1 N–H and O–H groups in total. The maximum absolute atomic E-state index is 13.2. The zero-order valence-corrected chi connectivity index (χ0v) is 11.5. The van der Waals surface area contributed by atoms with Crippen molar-refractivity contribution < 1.29 is 22.0 Å². The first-order valence-corrected chi connectivity index (χ1v) is 6.26. The Kier molecular flexibility index (Phi) is 4.32. The molecule has 0 bridgehead atoms. The van der Waals surface area contributed by atoms with E-state index in [-0.39, 0.29) is 18.7 Å². The van der Waals surface area contributed by atoms with Crippen LogP contribution >= 0.6 is 0 Å². The summed E-state index contributed by atoms with van der Waals surface area (Å²) < 4.78 is 56.2. The molecule has 21 heavy (non-hydrogen) atoms. The molecule has 0 aliphatic heterocycles. The summed E-state index contributed by atoms with van der Waals surface area (Å²) in [6.07, 6.45) is -4.56. The molecule has 1 aromatic heterocycles. The van der Waals surface area contributed by atoms with Gasteiger partial charge < -0.3 is 9.73 Å². The third-order valence-corrected chi connectivity index (χ3v) is 2.96. The van der Waals surface area contributed by atoms with Gasteiger partial charge in [-0.3, -0.25) is 0 Å². The average molecular weight is 302 g/mol. The van der Waals surface area contributed by atoms with E-state index in [2.05, 4.69) is 10.3 Å². The average Bonchev–Trinajstić information content (AvgIpc) is 2.67. The Morgan fingerprint density at radius 1 is 1.14 bits per heavy atom. The normalized spacial score (nSPS) is 11.9. The topological polar surface area (TPSA) is 38.1 Å². The molecule has 0 fully saturated rings. The van der Waals surface area contributed by atoms with Crippen molar-refractivity contribution in [3.05, 3.63) is 52.5 Å². The van der Waals surface area contributed by atoms with Gasteiger partial charge >= 0.3 is 6.18 Å². The fourth-order valence-corrected chi connectivity index (χ4v) is 1.84. The van der Waals surface area contributed by atoms with Crippen molar-refractivity contribution in [3.8, 4) is 0 Å². The van der Waals surface area contributed by atoms with Crippen LogP contribution in [0.25, 0.3) is 0 Å². The molecule has 2 aromatic rings. The highest BCUT2D eigenvalue weighted by Crippen LogP contribution is 2.30. The van der Waals surface area contributed by atoms with Gasteiger partial charge in [0.05, 0.1) is 17.8 Å². The SMILES string of the molecule is Cc1nc(CNCc2cc(F)cc(C(F)(F)F)c2)oc1C. The van der Waals surface area contributed by atoms with Crippen molar-refractivity contribution in [1.29, 1.82) is 0 Å². The fourth-order valence-electron chi connectivity index (χ4n) is 1.84. The number of benzene rings is 1. The fraction of sp³-hybridized carbons (Fsp3) is 0.357. The van der Waals surface area contributed by atoms with Gasteiger partial charge in [-0.2, -0.15) is 13.2 Å². The van der Waals surface area contributed by atoms with Gasteiger partial charge in [0.15, 0.2) is 0 Å². The lowest BCUT2D eigenvalue weighted by Gasteiger charge is -2.09. The number of nitrogens with zero attached hydrogens (tertiary/aromatic N) is 1.